The molecule has 2 rings (SSSR count). The molecule has 0 spiro atoms. The van der Waals surface area contributed by atoms with Crippen LogP contribution in [0.15, 0.2) is 18.5 Å². The number of carbonyl (C=O) groups excluding carboxylic acids is 1. The van der Waals surface area contributed by atoms with Crippen molar-refractivity contribution in [3.63, 3.8) is 0 Å². The highest BCUT2D eigenvalue weighted by atomic mass is 79.9. The zero-order valence-electron chi connectivity index (χ0n) is 8.08. The third kappa shape index (κ3) is 1.63. The smallest absolute Gasteiger partial charge is 0.356 e. The molecule has 0 amide bonds. The van der Waals surface area contributed by atoms with Gasteiger partial charge in [-0.05, 0) is 6.07 Å². The molecule has 0 atom stereocenters. The van der Waals surface area contributed by atoms with Gasteiger partial charge in [0, 0.05) is 22.5 Å². The lowest BCUT2D eigenvalue weighted by atomic mass is 10.1. The Labute approximate surface area is 94.8 Å². The Morgan fingerprint density at radius 3 is 3.13 bits per heavy atom. The van der Waals surface area contributed by atoms with Gasteiger partial charge in [0.25, 0.3) is 0 Å². The van der Waals surface area contributed by atoms with Crippen LogP contribution in [0.4, 0.5) is 0 Å². The number of halogens is 1. The average Bonchev–Trinajstić information content (AvgIpc) is 2.74. The predicted molar refractivity (Wildman–Crippen MR) is 60.1 cm³/mol. The first-order valence-electron chi connectivity index (χ1n) is 4.37. The fourth-order valence-corrected chi connectivity index (χ4v) is 2.06. The van der Waals surface area contributed by atoms with Gasteiger partial charge in [0.05, 0.1) is 18.8 Å². The lowest BCUT2D eigenvalue weighted by molar-refractivity contribution is 0.0593. The van der Waals surface area contributed by atoms with Crippen molar-refractivity contribution in [2.45, 2.75) is 5.33 Å². The van der Waals surface area contributed by atoms with Crippen molar-refractivity contribution in [2.24, 2.45) is 0 Å². The van der Waals surface area contributed by atoms with Crippen LogP contribution in [0, 0.1) is 0 Å². The molecular formula is C10H9BrN2O2. The number of pyridine rings is 1. The van der Waals surface area contributed by atoms with Crippen LogP contribution < -0.4 is 0 Å². The van der Waals surface area contributed by atoms with E-state index in [0.717, 1.165) is 16.5 Å². The molecule has 0 aliphatic carbocycles. The second kappa shape index (κ2) is 4.02. The van der Waals surface area contributed by atoms with Crippen molar-refractivity contribution in [1.82, 2.24) is 9.97 Å². The predicted octanol–water partition coefficient (Wildman–Crippen LogP) is 2.24. The number of aromatic amines is 1. The first-order chi connectivity index (χ1) is 7.27. The van der Waals surface area contributed by atoms with Crippen LogP contribution in [0.25, 0.3) is 10.9 Å². The number of esters is 1. The Bertz CT molecular complexity index is 507. The van der Waals surface area contributed by atoms with Gasteiger partial charge in [0.1, 0.15) is 0 Å². The van der Waals surface area contributed by atoms with Crippen molar-refractivity contribution in [3.05, 3.63) is 29.7 Å². The summed E-state index contributed by atoms with van der Waals surface area (Å²) in [6.07, 6.45) is 3.45. The number of alkyl halides is 1. The maximum atomic E-state index is 11.4. The van der Waals surface area contributed by atoms with Gasteiger partial charge in [-0.25, -0.2) is 9.78 Å². The number of ether oxygens (including phenoxy) is 1. The lowest BCUT2D eigenvalue weighted by Crippen LogP contribution is -2.07. The number of carbonyl (C=O) groups is 1. The van der Waals surface area contributed by atoms with Crippen LogP contribution in [-0.2, 0) is 10.1 Å². The van der Waals surface area contributed by atoms with Crippen molar-refractivity contribution in [1.29, 1.82) is 0 Å². The maximum absolute atomic E-state index is 11.4. The Balaban J connectivity index is 2.69. The van der Waals surface area contributed by atoms with Gasteiger partial charge < -0.3 is 9.72 Å². The van der Waals surface area contributed by atoms with Crippen LogP contribution >= 0.6 is 15.9 Å². The number of rotatable bonds is 2. The summed E-state index contributed by atoms with van der Waals surface area (Å²) >= 11 is 3.35. The quantitative estimate of drug-likeness (QED) is 0.672. The van der Waals surface area contributed by atoms with Crippen molar-refractivity contribution in [2.75, 3.05) is 7.11 Å². The van der Waals surface area contributed by atoms with E-state index in [2.05, 4.69) is 30.6 Å². The average molecular weight is 269 g/mol. The summed E-state index contributed by atoms with van der Waals surface area (Å²) in [6, 6.07) is 1.92. The monoisotopic (exact) mass is 268 g/mol. The van der Waals surface area contributed by atoms with Crippen LogP contribution in [0.3, 0.4) is 0 Å². The molecule has 0 saturated heterocycles. The molecule has 0 radical (unpaired) electrons. The summed E-state index contributed by atoms with van der Waals surface area (Å²) in [5.74, 6) is -0.410. The van der Waals surface area contributed by atoms with Gasteiger partial charge in [-0.2, -0.15) is 0 Å². The van der Waals surface area contributed by atoms with E-state index in [4.69, 9.17) is 0 Å². The fourth-order valence-electron chi connectivity index (χ4n) is 1.49. The van der Waals surface area contributed by atoms with Gasteiger partial charge in [0.2, 0.25) is 0 Å². The number of nitrogens with zero attached hydrogens (tertiary/aromatic N) is 1. The minimum atomic E-state index is -0.410. The number of H-pyrrole nitrogens is 1. The molecule has 15 heavy (non-hydrogen) atoms. The highest BCUT2D eigenvalue weighted by Crippen LogP contribution is 2.22. The molecule has 0 fully saturated rings. The summed E-state index contributed by atoms with van der Waals surface area (Å²) in [5.41, 5.74) is 2.12. The second-order valence-corrected chi connectivity index (χ2v) is 3.58. The van der Waals surface area contributed by atoms with E-state index in [1.165, 1.54) is 7.11 Å². The Morgan fingerprint density at radius 1 is 1.67 bits per heavy atom. The topological polar surface area (TPSA) is 55.0 Å². The lowest BCUT2D eigenvalue weighted by Gasteiger charge is -2.05. The molecule has 2 aromatic rings. The summed E-state index contributed by atoms with van der Waals surface area (Å²) in [7, 11) is 1.35. The van der Waals surface area contributed by atoms with E-state index in [-0.39, 0.29) is 0 Å². The van der Waals surface area contributed by atoms with Crippen molar-refractivity contribution < 1.29 is 9.53 Å². The van der Waals surface area contributed by atoms with Crippen molar-refractivity contribution in [3.8, 4) is 0 Å². The molecule has 78 valence electrons. The molecule has 0 bridgehead atoms. The summed E-state index contributed by atoms with van der Waals surface area (Å²) in [4.78, 5) is 18.6. The molecule has 0 saturated carbocycles. The van der Waals surface area contributed by atoms with E-state index < -0.39 is 5.97 Å². The van der Waals surface area contributed by atoms with Gasteiger partial charge in [0.15, 0.2) is 5.69 Å². The Hall–Kier alpha value is -1.36. The Morgan fingerprint density at radius 2 is 2.47 bits per heavy atom. The molecular weight excluding hydrogens is 260 g/mol. The zero-order valence-corrected chi connectivity index (χ0v) is 9.67. The standard InChI is InChI=1S/C10H9BrN2O2/c1-15-10(14)9-7(4-11)6-2-3-12-8(6)5-13-9/h2-3,5,12H,4H2,1H3. The second-order valence-electron chi connectivity index (χ2n) is 3.02. The third-order valence-electron chi connectivity index (χ3n) is 2.23. The largest absolute Gasteiger partial charge is 0.464 e. The highest BCUT2D eigenvalue weighted by molar-refractivity contribution is 9.08. The zero-order chi connectivity index (χ0) is 10.8. The first-order valence-corrected chi connectivity index (χ1v) is 5.49. The number of nitrogens with one attached hydrogen (secondary N) is 1. The minimum absolute atomic E-state index is 0.362. The van der Waals surface area contributed by atoms with E-state index in [1.54, 1.807) is 6.20 Å². The minimum Gasteiger partial charge on any atom is -0.464 e. The van der Waals surface area contributed by atoms with E-state index in [9.17, 15) is 4.79 Å². The first kappa shape index (κ1) is 10.2. The number of hydrogen-bond donors (Lipinski definition) is 1. The number of methoxy groups -OCH3 is 1. The van der Waals surface area contributed by atoms with Crippen LogP contribution in [0.1, 0.15) is 16.1 Å². The molecule has 0 aromatic carbocycles. The van der Waals surface area contributed by atoms with Gasteiger partial charge in [-0.3, -0.25) is 0 Å². The normalized spacial score (nSPS) is 10.5. The highest BCUT2D eigenvalue weighted by Gasteiger charge is 2.15. The molecule has 1 N–H and O–H groups in total. The molecule has 2 aromatic heterocycles. The van der Waals surface area contributed by atoms with Gasteiger partial charge in [-0.15, -0.1) is 0 Å². The van der Waals surface area contributed by atoms with E-state index in [0.29, 0.717) is 11.0 Å². The number of aromatic nitrogens is 2. The van der Waals surface area contributed by atoms with Crippen LogP contribution in [-0.4, -0.2) is 23.0 Å². The summed E-state index contributed by atoms with van der Waals surface area (Å²) in [6.45, 7) is 0. The van der Waals surface area contributed by atoms with Crippen LogP contribution in [0.5, 0.6) is 0 Å². The molecule has 4 nitrogen and oxygen atoms in total. The summed E-state index contributed by atoms with van der Waals surface area (Å²) in [5, 5.41) is 1.56. The van der Waals surface area contributed by atoms with Crippen LogP contribution in [0.2, 0.25) is 0 Å². The molecule has 0 aliphatic rings. The number of fused-ring (bicyclic) bond motifs is 1. The summed E-state index contributed by atoms with van der Waals surface area (Å²) < 4.78 is 4.67. The van der Waals surface area contributed by atoms with E-state index >= 15 is 0 Å². The fraction of sp³-hybridized carbons (Fsp3) is 0.200. The maximum Gasteiger partial charge on any atom is 0.356 e. The van der Waals surface area contributed by atoms with Gasteiger partial charge in [-0.1, -0.05) is 15.9 Å². The molecule has 5 heteroatoms. The molecule has 2 heterocycles. The molecule has 0 aliphatic heterocycles. The Kier molecular flexibility index (Phi) is 2.73. The van der Waals surface area contributed by atoms with Crippen molar-refractivity contribution >= 4 is 32.8 Å². The SMILES string of the molecule is COC(=O)c1ncc2[nH]ccc2c1CBr. The number of hydrogen-bond acceptors (Lipinski definition) is 3. The third-order valence-corrected chi connectivity index (χ3v) is 2.79. The van der Waals surface area contributed by atoms with Gasteiger partial charge >= 0.3 is 5.97 Å². The van der Waals surface area contributed by atoms with E-state index in [1.807, 2.05) is 12.3 Å². The molecule has 0 unspecified atom stereocenters.